The number of aromatic nitrogens is 1. The molecule has 0 aliphatic carbocycles. The van der Waals surface area contributed by atoms with Crippen LogP contribution in [-0.4, -0.2) is 15.6 Å². The van der Waals surface area contributed by atoms with Crippen LogP contribution in [0, 0.1) is 0 Å². The number of aryl methyl sites for hydroxylation is 1. The van der Waals surface area contributed by atoms with Gasteiger partial charge in [0.1, 0.15) is 5.69 Å². The topological polar surface area (TPSA) is 42.2 Å². The van der Waals surface area contributed by atoms with Gasteiger partial charge in [-0.25, -0.2) is 4.79 Å². The smallest absolute Gasteiger partial charge is 0.416 e. The zero-order valence-electron chi connectivity index (χ0n) is 12.1. The van der Waals surface area contributed by atoms with Gasteiger partial charge in [-0.05, 0) is 23.8 Å². The minimum atomic E-state index is -4.43. The minimum Gasteiger partial charge on any atom is -0.477 e. The Morgan fingerprint density at radius 2 is 1.78 bits per heavy atom. The van der Waals surface area contributed by atoms with Crippen molar-refractivity contribution in [3.8, 4) is 11.1 Å². The summed E-state index contributed by atoms with van der Waals surface area (Å²) in [4.78, 5) is 11.3. The van der Waals surface area contributed by atoms with Crippen molar-refractivity contribution in [3.05, 3.63) is 59.8 Å². The molecule has 0 saturated carbocycles. The van der Waals surface area contributed by atoms with Crippen molar-refractivity contribution in [1.29, 1.82) is 0 Å². The summed E-state index contributed by atoms with van der Waals surface area (Å²) < 4.78 is 40.2. The van der Waals surface area contributed by atoms with Crippen LogP contribution in [0.3, 0.4) is 0 Å². The second-order valence-corrected chi connectivity index (χ2v) is 5.22. The number of benzene rings is 2. The Morgan fingerprint density at radius 3 is 2.43 bits per heavy atom. The van der Waals surface area contributed by atoms with E-state index in [4.69, 9.17) is 0 Å². The van der Waals surface area contributed by atoms with Crippen molar-refractivity contribution < 1.29 is 23.1 Å². The third-order valence-electron chi connectivity index (χ3n) is 3.78. The quantitative estimate of drug-likeness (QED) is 0.752. The first-order valence-corrected chi connectivity index (χ1v) is 6.78. The number of hydrogen-bond acceptors (Lipinski definition) is 1. The largest absolute Gasteiger partial charge is 0.477 e. The number of halogens is 3. The van der Waals surface area contributed by atoms with Gasteiger partial charge < -0.3 is 9.67 Å². The number of carboxylic acid groups (broad SMARTS) is 1. The van der Waals surface area contributed by atoms with Crippen molar-refractivity contribution in [1.82, 2.24) is 4.57 Å². The first-order chi connectivity index (χ1) is 10.8. The molecular formula is C17H12F3NO2. The van der Waals surface area contributed by atoms with E-state index in [0.29, 0.717) is 22.0 Å². The van der Waals surface area contributed by atoms with Crippen LogP contribution < -0.4 is 0 Å². The molecule has 1 N–H and O–H groups in total. The van der Waals surface area contributed by atoms with E-state index in [1.165, 1.54) is 16.7 Å². The number of carboxylic acids is 1. The fourth-order valence-corrected chi connectivity index (χ4v) is 2.72. The van der Waals surface area contributed by atoms with E-state index in [1.807, 2.05) is 0 Å². The molecule has 0 atom stereocenters. The van der Waals surface area contributed by atoms with E-state index in [-0.39, 0.29) is 5.69 Å². The van der Waals surface area contributed by atoms with Crippen LogP contribution in [0.5, 0.6) is 0 Å². The Kier molecular flexibility index (Phi) is 3.39. The molecule has 3 nitrogen and oxygen atoms in total. The molecule has 0 aliphatic rings. The fraction of sp³-hybridized carbons (Fsp3) is 0.118. The second-order valence-electron chi connectivity index (χ2n) is 5.22. The van der Waals surface area contributed by atoms with Crippen LogP contribution in [0.25, 0.3) is 22.0 Å². The Bertz CT molecular complexity index is 910. The maximum absolute atomic E-state index is 12.9. The Balaban J connectivity index is 2.27. The van der Waals surface area contributed by atoms with Crippen LogP contribution in [0.1, 0.15) is 16.1 Å². The van der Waals surface area contributed by atoms with Crippen molar-refractivity contribution in [2.75, 3.05) is 0 Å². The second kappa shape index (κ2) is 5.15. The van der Waals surface area contributed by atoms with Gasteiger partial charge in [0.25, 0.3) is 0 Å². The fourth-order valence-electron chi connectivity index (χ4n) is 2.72. The van der Waals surface area contributed by atoms with Gasteiger partial charge in [0.15, 0.2) is 0 Å². The van der Waals surface area contributed by atoms with Gasteiger partial charge in [0.05, 0.1) is 11.1 Å². The lowest BCUT2D eigenvalue weighted by molar-refractivity contribution is -0.137. The molecule has 0 amide bonds. The van der Waals surface area contributed by atoms with Crippen molar-refractivity contribution in [2.45, 2.75) is 6.18 Å². The lowest BCUT2D eigenvalue weighted by atomic mass is 10.0. The number of hydrogen-bond donors (Lipinski definition) is 1. The standard InChI is InChI=1S/C17H12F3NO2/c1-21-14(16(22)23)9-11-5-3-7-13(15(11)21)10-4-2-6-12(8-10)17(18,19)20/h2-9H,1H3,(H,22,23). The molecular weight excluding hydrogens is 307 g/mol. The summed E-state index contributed by atoms with van der Waals surface area (Å²) in [6.07, 6.45) is -4.43. The summed E-state index contributed by atoms with van der Waals surface area (Å²) in [5.74, 6) is -1.08. The number of para-hydroxylation sites is 1. The molecule has 2 aromatic carbocycles. The normalized spacial score (nSPS) is 11.8. The minimum absolute atomic E-state index is 0.0828. The molecule has 0 spiro atoms. The number of aromatic carboxylic acids is 1. The van der Waals surface area contributed by atoms with E-state index in [9.17, 15) is 23.1 Å². The average Bonchev–Trinajstić information content (AvgIpc) is 2.84. The van der Waals surface area contributed by atoms with Crippen molar-refractivity contribution in [2.24, 2.45) is 7.05 Å². The third-order valence-corrected chi connectivity index (χ3v) is 3.78. The summed E-state index contributed by atoms with van der Waals surface area (Å²) in [6, 6.07) is 11.6. The van der Waals surface area contributed by atoms with Crippen LogP contribution in [0.4, 0.5) is 13.2 Å². The van der Waals surface area contributed by atoms with E-state index < -0.39 is 17.7 Å². The van der Waals surface area contributed by atoms with E-state index >= 15 is 0 Å². The lowest BCUT2D eigenvalue weighted by Crippen LogP contribution is -2.05. The van der Waals surface area contributed by atoms with Gasteiger partial charge in [-0.2, -0.15) is 13.2 Å². The van der Waals surface area contributed by atoms with Gasteiger partial charge >= 0.3 is 12.1 Å². The van der Waals surface area contributed by atoms with Crippen LogP contribution >= 0.6 is 0 Å². The summed E-state index contributed by atoms with van der Waals surface area (Å²) in [5, 5.41) is 9.88. The summed E-state index contributed by atoms with van der Waals surface area (Å²) in [5.41, 5.74) is 0.885. The van der Waals surface area contributed by atoms with E-state index in [1.54, 1.807) is 31.3 Å². The number of carbonyl (C=O) groups is 1. The van der Waals surface area contributed by atoms with Gasteiger partial charge in [0, 0.05) is 18.0 Å². The highest BCUT2D eigenvalue weighted by Gasteiger charge is 2.30. The Morgan fingerprint density at radius 1 is 1.09 bits per heavy atom. The van der Waals surface area contributed by atoms with E-state index in [0.717, 1.165) is 12.1 Å². The number of nitrogens with zero attached hydrogens (tertiary/aromatic N) is 1. The molecule has 0 radical (unpaired) electrons. The molecule has 3 rings (SSSR count). The number of alkyl halides is 3. The zero-order valence-corrected chi connectivity index (χ0v) is 12.1. The van der Waals surface area contributed by atoms with E-state index in [2.05, 4.69) is 0 Å². The monoisotopic (exact) mass is 319 g/mol. The maximum atomic E-state index is 12.9. The summed E-state index contributed by atoms with van der Waals surface area (Å²) >= 11 is 0. The predicted octanol–water partition coefficient (Wildman–Crippen LogP) is 4.56. The Labute approximate surface area is 129 Å². The molecule has 0 unspecified atom stereocenters. The SMILES string of the molecule is Cn1c(C(=O)O)cc2cccc(-c3cccc(C(F)(F)F)c3)c21. The average molecular weight is 319 g/mol. The van der Waals surface area contributed by atoms with Crippen LogP contribution in [-0.2, 0) is 13.2 Å². The molecule has 6 heteroatoms. The zero-order chi connectivity index (χ0) is 16.8. The van der Waals surface area contributed by atoms with Gasteiger partial charge in [-0.15, -0.1) is 0 Å². The molecule has 0 bridgehead atoms. The molecule has 23 heavy (non-hydrogen) atoms. The molecule has 1 heterocycles. The third kappa shape index (κ3) is 2.56. The molecule has 118 valence electrons. The summed E-state index contributed by atoms with van der Waals surface area (Å²) in [7, 11) is 1.59. The highest BCUT2D eigenvalue weighted by atomic mass is 19.4. The summed E-state index contributed by atoms with van der Waals surface area (Å²) in [6.45, 7) is 0. The predicted molar refractivity (Wildman–Crippen MR) is 80.3 cm³/mol. The molecule has 3 aromatic rings. The first kappa shape index (κ1) is 15.1. The maximum Gasteiger partial charge on any atom is 0.416 e. The van der Waals surface area contributed by atoms with Gasteiger partial charge in [-0.3, -0.25) is 0 Å². The number of fused-ring (bicyclic) bond motifs is 1. The van der Waals surface area contributed by atoms with Crippen LogP contribution in [0.2, 0.25) is 0 Å². The van der Waals surface area contributed by atoms with Crippen LogP contribution in [0.15, 0.2) is 48.5 Å². The highest BCUT2D eigenvalue weighted by Crippen LogP contribution is 2.35. The van der Waals surface area contributed by atoms with Gasteiger partial charge in [-0.1, -0.05) is 30.3 Å². The lowest BCUT2D eigenvalue weighted by Gasteiger charge is -2.11. The molecule has 0 aliphatic heterocycles. The molecule has 0 saturated heterocycles. The molecule has 0 fully saturated rings. The first-order valence-electron chi connectivity index (χ1n) is 6.78. The van der Waals surface area contributed by atoms with Crippen molar-refractivity contribution in [3.63, 3.8) is 0 Å². The molecule has 1 aromatic heterocycles. The highest BCUT2D eigenvalue weighted by molar-refractivity contribution is 6.00. The van der Waals surface area contributed by atoms with Gasteiger partial charge in [0.2, 0.25) is 0 Å². The van der Waals surface area contributed by atoms with Crippen molar-refractivity contribution >= 4 is 16.9 Å². The number of rotatable bonds is 2. The Hall–Kier alpha value is -2.76.